The van der Waals surface area contributed by atoms with Crippen LogP contribution in [0.25, 0.3) is 0 Å². The summed E-state index contributed by atoms with van der Waals surface area (Å²) in [6.45, 7) is 8.01. The number of morpholine rings is 1. The number of benzene rings is 1. The summed E-state index contributed by atoms with van der Waals surface area (Å²) in [6.07, 6.45) is 3.37. The number of nitrogens with zero attached hydrogens (tertiary/aromatic N) is 5. The van der Waals surface area contributed by atoms with Gasteiger partial charge in [0.05, 0.1) is 32.0 Å². The Hall–Kier alpha value is -3.84. The predicted molar refractivity (Wildman–Crippen MR) is 156 cm³/mol. The third-order valence-corrected chi connectivity index (χ3v) is 8.41. The van der Waals surface area contributed by atoms with Crippen molar-refractivity contribution in [1.29, 1.82) is 0 Å². The SMILES string of the molecule is CC(C)[C@@H]1NC(=O)[C@@H]2C[C@@H](CN2C(=O)CCCN2CCOCC2)n2cc(nn2)CNC(=O)[C@@H](Cc2ccccc2)NC1=O. The Labute approximate surface area is 251 Å². The van der Waals surface area contributed by atoms with Gasteiger partial charge in [0.1, 0.15) is 23.8 Å². The minimum absolute atomic E-state index is 0.0990. The van der Waals surface area contributed by atoms with E-state index in [0.29, 0.717) is 44.7 Å². The molecule has 13 heteroatoms. The van der Waals surface area contributed by atoms with E-state index >= 15 is 0 Å². The molecule has 0 unspecified atom stereocenters. The molecule has 43 heavy (non-hydrogen) atoms. The molecule has 0 spiro atoms. The van der Waals surface area contributed by atoms with Gasteiger partial charge in [0, 0.05) is 38.9 Å². The fourth-order valence-corrected chi connectivity index (χ4v) is 5.93. The first kappa shape index (κ1) is 30.6. The summed E-state index contributed by atoms with van der Waals surface area (Å²) in [6, 6.07) is 6.65. The summed E-state index contributed by atoms with van der Waals surface area (Å²) in [4.78, 5) is 58.0. The van der Waals surface area contributed by atoms with Gasteiger partial charge in [0.2, 0.25) is 23.6 Å². The second-order valence-corrected chi connectivity index (χ2v) is 11.9. The van der Waals surface area contributed by atoms with E-state index in [4.69, 9.17) is 4.74 Å². The van der Waals surface area contributed by atoms with Crippen LogP contribution in [0, 0.1) is 5.92 Å². The maximum absolute atomic E-state index is 13.8. The van der Waals surface area contributed by atoms with Gasteiger partial charge in [0.25, 0.3) is 0 Å². The van der Waals surface area contributed by atoms with Crippen LogP contribution in [-0.2, 0) is 36.9 Å². The van der Waals surface area contributed by atoms with Crippen molar-refractivity contribution in [2.75, 3.05) is 39.4 Å². The first-order chi connectivity index (χ1) is 20.8. The lowest BCUT2D eigenvalue weighted by molar-refractivity contribution is -0.140. The number of likely N-dealkylation sites (tertiary alicyclic amines) is 1. The number of carbonyl (C=O) groups is 4. The molecule has 232 valence electrons. The molecule has 1 aromatic heterocycles. The molecule has 4 atom stereocenters. The lowest BCUT2D eigenvalue weighted by Gasteiger charge is -2.29. The number of hydrogen-bond acceptors (Lipinski definition) is 8. The number of aromatic nitrogens is 3. The predicted octanol–water partition coefficient (Wildman–Crippen LogP) is 0.0306. The molecule has 4 heterocycles. The average molecular weight is 595 g/mol. The molecule has 2 fully saturated rings. The average Bonchev–Trinajstić information content (AvgIpc) is 3.66. The van der Waals surface area contributed by atoms with Crippen LogP contribution in [0.2, 0.25) is 0 Å². The second-order valence-electron chi connectivity index (χ2n) is 11.9. The van der Waals surface area contributed by atoms with Crippen molar-refractivity contribution >= 4 is 23.6 Å². The number of fused-ring (bicyclic) bond motifs is 5. The van der Waals surface area contributed by atoms with E-state index in [1.165, 1.54) is 0 Å². The largest absolute Gasteiger partial charge is 0.379 e. The number of nitrogens with one attached hydrogen (secondary N) is 3. The Balaban J connectivity index is 1.35. The Morgan fingerprint density at radius 2 is 1.81 bits per heavy atom. The van der Waals surface area contributed by atoms with E-state index in [-0.39, 0.29) is 36.7 Å². The fraction of sp³-hybridized carbons (Fsp3) is 0.600. The van der Waals surface area contributed by atoms with E-state index < -0.39 is 29.9 Å². The fourth-order valence-electron chi connectivity index (χ4n) is 5.93. The van der Waals surface area contributed by atoms with Crippen LogP contribution < -0.4 is 16.0 Å². The van der Waals surface area contributed by atoms with E-state index in [2.05, 4.69) is 31.2 Å². The van der Waals surface area contributed by atoms with Crippen LogP contribution in [0.15, 0.2) is 36.5 Å². The maximum Gasteiger partial charge on any atom is 0.243 e. The molecule has 2 aromatic rings. The monoisotopic (exact) mass is 594 g/mol. The smallest absolute Gasteiger partial charge is 0.243 e. The Bertz CT molecular complexity index is 1280. The van der Waals surface area contributed by atoms with Gasteiger partial charge in [-0.3, -0.25) is 24.1 Å². The Morgan fingerprint density at radius 1 is 1.05 bits per heavy atom. The van der Waals surface area contributed by atoms with Crippen molar-refractivity contribution in [3.8, 4) is 0 Å². The quantitative estimate of drug-likeness (QED) is 0.406. The normalized spacial score (nSPS) is 25.5. The summed E-state index contributed by atoms with van der Waals surface area (Å²) >= 11 is 0. The molecule has 13 nitrogen and oxygen atoms in total. The number of carbonyl (C=O) groups excluding carboxylic acids is 4. The topological polar surface area (TPSA) is 151 Å². The number of amides is 4. The van der Waals surface area contributed by atoms with Crippen molar-refractivity contribution < 1.29 is 23.9 Å². The zero-order chi connectivity index (χ0) is 30.3. The standard InChI is InChI=1S/C30H42N8O5/c1-20(2)27-30(42)32-24(15-21-7-4-3-5-8-21)28(40)31-17-22-18-38(35-34-22)23-16-25(29(41)33-27)37(19-23)26(39)9-6-10-36-11-13-43-14-12-36/h3-5,7-8,18,20,23-25,27H,6,9-17,19H2,1-2H3,(H,31,40)(H,32,42)(H,33,41)/t23-,24+,25-,27-/m0/s1. The second kappa shape index (κ2) is 14.1. The van der Waals surface area contributed by atoms with E-state index in [9.17, 15) is 19.2 Å². The molecule has 4 amide bonds. The first-order valence-electron chi connectivity index (χ1n) is 15.2. The van der Waals surface area contributed by atoms with Gasteiger partial charge in [-0.15, -0.1) is 5.10 Å². The van der Waals surface area contributed by atoms with Crippen molar-refractivity contribution in [2.24, 2.45) is 5.92 Å². The summed E-state index contributed by atoms with van der Waals surface area (Å²) in [5.41, 5.74) is 1.43. The van der Waals surface area contributed by atoms with Gasteiger partial charge in [-0.25, -0.2) is 4.68 Å². The molecule has 4 bridgehead atoms. The van der Waals surface area contributed by atoms with Gasteiger partial charge >= 0.3 is 0 Å². The Morgan fingerprint density at radius 3 is 2.56 bits per heavy atom. The van der Waals surface area contributed by atoms with Crippen LogP contribution in [0.3, 0.4) is 0 Å². The zero-order valence-corrected chi connectivity index (χ0v) is 24.9. The number of hydrogen-bond donors (Lipinski definition) is 3. The first-order valence-corrected chi connectivity index (χ1v) is 15.2. The van der Waals surface area contributed by atoms with E-state index in [0.717, 1.165) is 25.2 Å². The molecule has 0 radical (unpaired) electrons. The summed E-state index contributed by atoms with van der Waals surface area (Å²) in [5.74, 6) is -1.55. The van der Waals surface area contributed by atoms with Gasteiger partial charge in [-0.1, -0.05) is 49.4 Å². The lowest BCUT2D eigenvalue weighted by Crippen LogP contribution is -2.58. The maximum atomic E-state index is 13.8. The highest BCUT2D eigenvalue weighted by atomic mass is 16.5. The zero-order valence-electron chi connectivity index (χ0n) is 24.9. The van der Waals surface area contributed by atoms with Gasteiger partial charge < -0.3 is 25.6 Å². The lowest BCUT2D eigenvalue weighted by atomic mass is 10.00. The van der Waals surface area contributed by atoms with Crippen LogP contribution in [0.4, 0.5) is 0 Å². The molecule has 2 saturated heterocycles. The highest BCUT2D eigenvalue weighted by Gasteiger charge is 2.42. The minimum Gasteiger partial charge on any atom is -0.379 e. The molecule has 3 aliphatic heterocycles. The van der Waals surface area contributed by atoms with Crippen molar-refractivity contribution in [2.45, 2.75) is 70.2 Å². The summed E-state index contributed by atoms with van der Waals surface area (Å²) < 4.78 is 7.08. The molecular weight excluding hydrogens is 552 g/mol. The van der Waals surface area contributed by atoms with Crippen LogP contribution in [0.1, 0.15) is 50.4 Å². The summed E-state index contributed by atoms with van der Waals surface area (Å²) in [5, 5.41) is 17.2. The summed E-state index contributed by atoms with van der Waals surface area (Å²) in [7, 11) is 0. The Kier molecular flexibility index (Phi) is 10.0. The third kappa shape index (κ3) is 7.77. The molecule has 5 rings (SSSR count). The van der Waals surface area contributed by atoms with Crippen molar-refractivity contribution in [3.05, 3.63) is 47.8 Å². The van der Waals surface area contributed by atoms with Gasteiger partial charge in [-0.05, 0) is 24.4 Å². The highest BCUT2D eigenvalue weighted by molar-refractivity contribution is 5.94. The van der Waals surface area contributed by atoms with E-state index in [1.54, 1.807) is 15.8 Å². The van der Waals surface area contributed by atoms with Gasteiger partial charge in [-0.2, -0.15) is 0 Å². The van der Waals surface area contributed by atoms with Gasteiger partial charge in [0.15, 0.2) is 0 Å². The highest BCUT2D eigenvalue weighted by Crippen LogP contribution is 2.28. The van der Waals surface area contributed by atoms with Crippen molar-refractivity contribution in [3.63, 3.8) is 0 Å². The van der Waals surface area contributed by atoms with Crippen molar-refractivity contribution in [1.82, 2.24) is 40.7 Å². The van der Waals surface area contributed by atoms with Crippen LogP contribution in [-0.4, -0.2) is 106 Å². The molecule has 0 saturated carbocycles. The van der Waals surface area contributed by atoms with Crippen LogP contribution >= 0.6 is 0 Å². The number of ether oxygens (including phenoxy) is 1. The molecular formula is C30H42N8O5. The van der Waals surface area contributed by atoms with E-state index in [1.807, 2.05) is 44.2 Å². The molecule has 0 aliphatic carbocycles. The third-order valence-electron chi connectivity index (χ3n) is 8.41. The minimum atomic E-state index is -0.890. The number of rotatable bonds is 7. The molecule has 3 aliphatic rings. The molecule has 1 aromatic carbocycles. The molecule has 3 N–H and O–H groups in total. The van der Waals surface area contributed by atoms with Crippen LogP contribution in [0.5, 0.6) is 0 Å².